The van der Waals surface area contributed by atoms with Crippen LogP contribution in [-0.4, -0.2) is 58.0 Å². The number of anilines is 1. The number of hydrogen-bond acceptors (Lipinski definition) is 6. The van der Waals surface area contributed by atoms with Gasteiger partial charge in [0.1, 0.15) is 6.54 Å². The van der Waals surface area contributed by atoms with Crippen LogP contribution < -0.4 is 5.32 Å². The second kappa shape index (κ2) is 9.50. The molecule has 0 aliphatic carbocycles. The Balaban J connectivity index is 3.22. The first-order valence-electron chi connectivity index (χ1n) is 7.75. The van der Waals surface area contributed by atoms with Gasteiger partial charge in [0, 0.05) is 26.3 Å². The van der Waals surface area contributed by atoms with Crippen molar-refractivity contribution in [1.29, 1.82) is 0 Å². The number of sulfonamides is 1. The summed E-state index contributed by atoms with van der Waals surface area (Å²) in [7, 11) is -2.53. The zero-order valence-corrected chi connectivity index (χ0v) is 15.7. The summed E-state index contributed by atoms with van der Waals surface area (Å²) in [5, 5.41) is 2.55. The monoisotopic (exact) mass is 372 g/mol. The Morgan fingerprint density at radius 3 is 2.52 bits per heavy atom. The van der Waals surface area contributed by atoms with Crippen molar-refractivity contribution in [3.63, 3.8) is 0 Å². The van der Waals surface area contributed by atoms with Crippen molar-refractivity contribution in [3.8, 4) is 0 Å². The third-order valence-corrected chi connectivity index (χ3v) is 5.27. The van der Waals surface area contributed by atoms with Gasteiger partial charge in [-0.3, -0.25) is 9.59 Å². The van der Waals surface area contributed by atoms with Crippen molar-refractivity contribution in [2.24, 2.45) is 0 Å². The molecule has 0 spiro atoms. The topological polar surface area (TPSA) is 102 Å². The van der Waals surface area contributed by atoms with Gasteiger partial charge in [-0.1, -0.05) is 6.07 Å². The number of rotatable bonds is 9. The SMILES string of the molecule is CCOC(=O)CN(CCOC)S(=O)(=O)c1cc(NC(C)=O)ccc1C. The van der Waals surface area contributed by atoms with E-state index in [0.717, 1.165) is 4.31 Å². The first-order chi connectivity index (χ1) is 11.7. The molecular weight excluding hydrogens is 348 g/mol. The van der Waals surface area contributed by atoms with Gasteiger partial charge in [0.05, 0.1) is 18.1 Å². The number of benzene rings is 1. The maximum absolute atomic E-state index is 13.0. The number of esters is 1. The summed E-state index contributed by atoms with van der Waals surface area (Å²) in [5.74, 6) is -0.951. The van der Waals surface area contributed by atoms with Crippen molar-refractivity contribution in [3.05, 3.63) is 23.8 Å². The Morgan fingerprint density at radius 1 is 1.28 bits per heavy atom. The maximum atomic E-state index is 13.0. The Bertz CT molecular complexity index is 717. The van der Waals surface area contributed by atoms with Crippen LogP contribution in [-0.2, 0) is 29.1 Å². The predicted octanol–water partition coefficient (Wildman–Crippen LogP) is 1.15. The molecule has 0 atom stereocenters. The van der Waals surface area contributed by atoms with E-state index in [0.29, 0.717) is 11.3 Å². The summed E-state index contributed by atoms with van der Waals surface area (Å²) in [5.41, 5.74) is 0.861. The summed E-state index contributed by atoms with van der Waals surface area (Å²) in [6.07, 6.45) is 0. The highest BCUT2D eigenvalue weighted by Gasteiger charge is 2.28. The fourth-order valence-corrected chi connectivity index (χ4v) is 3.75. The lowest BCUT2D eigenvalue weighted by Gasteiger charge is -2.22. The molecule has 0 fully saturated rings. The third-order valence-electron chi connectivity index (χ3n) is 3.28. The number of methoxy groups -OCH3 is 1. The average molecular weight is 372 g/mol. The number of nitrogens with zero attached hydrogens (tertiary/aromatic N) is 1. The number of amides is 1. The van der Waals surface area contributed by atoms with Gasteiger partial charge in [-0.05, 0) is 31.5 Å². The zero-order chi connectivity index (χ0) is 19.0. The maximum Gasteiger partial charge on any atom is 0.321 e. The van der Waals surface area contributed by atoms with Crippen molar-refractivity contribution < 1.29 is 27.5 Å². The van der Waals surface area contributed by atoms with Crippen LogP contribution in [0.5, 0.6) is 0 Å². The summed E-state index contributed by atoms with van der Waals surface area (Å²) in [6, 6.07) is 4.58. The van der Waals surface area contributed by atoms with E-state index in [1.807, 2.05) is 0 Å². The number of nitrogens with one attached hydrogen (secondary N) is 1. The molecule has 1 aromatic rings. The lowest BCUT2D eigenvalue weighted by Crippen LogP contribution is -2.39. The van der Waals surface area contributed by atoms with Gasteiger partial charge >= 0.3 is 5.97 Å². The molecule has 1 amide bonds. The van der Waals surface area contributed by atoms with Crippen LogP contribution in [0.25, 0.3) is 0 Å². The molecule has 9 heteroatoms. The summed E-state index contributed by atoms with van der Waals surface area (Å²) < 4.78 is 36.8. The first-order valence-corrected chi connectivity index (χ1v) is 9.19. The van der Waals surface area contributed by atoms with Crippen LogP contribution in [0.3, 0.4) is 0 Å². The van der Waals surface area contributed by atoms with Crippen LogP contribution in [0.2, 0.25) is 0 Å². The molecule has 1 N–H and O–H groups in total. The highest BCUT2D eigenvalue weighted by molar-refractivity contribution is 7.89. The molecule has 0 saturated heterocycles. The van der Waals surface area contributed by atoms with E-state index in [9.17, 15) is 18.0 Å². The van der Waals surface area contributed by atoms with Gasteiger partial charge in [-0.25, -0.2) is 8.42 Å². The molecule has 25 heavy (non-hydrogen) atoms. The Kier molecular flexibility index (Phi) is 8.01. The quantitative estimate of drug-likeness (QED) is 0.653. The third kappa shape index (κ3) is 6.11. The van der Waals surface area contributed by atoms with E-state index in [1.165, 1.54) is 20.1 Å². The normalized spacial score (nSPS) is 11.4. The fraction of sp³-hybridized carbons (Fsp3) is 0.500. The molecule has 0 saturated carbocycles. The van der Waals surface area contributed by atoms with Crippen LogP contribution >= 0.6 is 0 Å². The Hall–Kier alpha value is -1.97. The fourth-order valence-electron chi connectivity index (χ4n) is 2.13. The molecule has 0 heterocycles. The summed E-state index contributed by atoms with van der Waals surface area (Å²) in [4.78, 5) is 23.0. The zero-order valence-electron chi connectivity index (χ0n) is 14.9. The smallest absolute Gasteiger partial charge is 0.321 e. The van der Waals surface area contributed by atoms with Crippen LogP contribution in [0, 0.1) is 6.92 Å². The van der Waals surface area contributed by atoms with E-state index in [1.54, 1.807) is 26.0 Å². The minimum absolute atomic E-state index is 0.00144. The van der Waals surface area contributed by atoms with E-state index in [-0.39, 0.29) is 30.6 Å². The van der Waals surface area contributed by atoms with Crippen molar-refractivity contribution in [2.75, 3.05) is 38.7 Å². The van der Waals surface area contributed by atoms with Crippen LogP contribution in [0.1, 0.15) is 19.4 Å². The average Bonchev–Trinajstić information content (AvgIpc) is 2.52. The van der Waals surface area contributed by atoms with E-state index in [4.69, 9.17) is 9.47 Å². The van der Waals surface area contributed by atoms with Crippen molar-refractivity contribution in [1.82, 2.24) is 4.31 Å². The molecule has 8 nitrogen and oxygen atoms in total. The molecule has 0 radical (unpaired) electrons. The molecule has 140 valence electrons. The number of carbonyl (C=O) groups is 2. The molecule has 0 bridgehead atoms. The molecule has 0 aromatic heterocycles. The van der Waals surface area contributed by atoms with E-state index < -0.39 is 22.5 Å². The summed E-state index contributed by atoms with van der Waals surface area (Å²) >= 11 is 0. The van der Waals surface area contributed by atoms with Crippen molar-refractivity contribution in [2.45, 2.75) is 25.7 Å². The van der Waals surface area contributed by atoms with Gasteiger partial charge in [0.2, 0.25) is 15.9 Å². The number of hydrogen-bond donors (Lipinski definition) is 1. The minimum Gasteiger partial charge on any atom is -0.465 e. The van der Waals surface area contributed by atoms with Gasteiger partial charge < -0.3 is 14.8 Å². The van der Waals surface area contributed by atoms with Gasteiger partial charge in [-0.2, -0.15) is 4.31 Å². The first kappa shape index (κ1) is 21.1. The highest BCUT2D eigenvalue weighted by atomic mass is 32.2. The minimum atomic E-state index is -3.97. The lowest BCUT2D eigenvalue weighted by molar-refractivity contribution is -0.143. The Labute approximate surface area is 148 Å². The second-order valence-electron chi connectivity index (χ2n) is 5.30. The van der Waals surface area contributed by atoms with E-state index >= 15 is 0 Å². The van der Waals surface area contributed by atoms with Gasteiger partial charge in [0.15, 0.2) is 0 Å². The predicted molar refractivity (Wildman–Crippen MR) is 92.8 cm³/mol. The molecule has 1 aromatic carbocycles. The Morgan fingerprint density at radius 2 is 1.96 bits per heavy atom. The molecule has 0 aliphatic rings. The number of carbonyl (C=O) groups excluding carboxylic acids is 2. The van der Waals surface area contributed by atoms with Crippen molar-refractivity contribution >= 4 is 27.6 Å². The molecular formula is C16H24N2O6S. The number of ether oxygens (including phenoxy) is 2. The van der Waals surface area contributed by atoms with E-state index in [2.05, 4.69) is 5.32 Å². The molecule has 0 unspecified atom stereocenters. The lowest BCUT2D eigenvalue weighted by atomic mass is 10.2. The van der Waals surface area contributed by atoms with Gasteiger partial charge in [-0.15, -0.1) is 0 Å². The van der Waals surface area contributed by atoms with Crippen LogP contribution in [0.4, 0.5) is 5.69 Å². The second-order valence-corrected chi connectivity index (χ2v) is 7.20. The van der Waals surface area contributed by atoms with Gasteiger partial charge in [0.25, 0.3) is 0 Å². The largest absolute Gasteiger partial charge is 0.465 e. The summed E-state index contributed by atoms with van der Waals surface area (Å²) in [6.45, 7) is 4.50. The van der Waals surface area contributed by atoms with Crippen LogP contribution in [0.15, 0.2) is 23.1 Å². The highest BCUT2D eigenvalue weighted by Crippen LogP contribution is 2.23. The standard InChI is InChI=1S/C16H24N2O6S/c1-5-24-16(20)11-18(8-9-23-4)25(21,22)15-10-14(17-13(3)19)7-6-12(15)2/h6-7,10H,5,8-9,11H2,1-4H3,(H,17,19). The molecule has 1 rings (SSSR count). The number of aryl methyl sites for hydroxylation is 1. The molecule has 0 aliphatic heterocycles.